The molecule has 3 heterocycles. The molecule has 10 N–H and O–H groups in total. The molecule has 3 amide bonds. The van der Waals surface area contributed by atoms with Gasteiger partial charge in [-0.3, -0.25) is 28.5 Å². The number of ether oxygens (including phenoxy) is 2. The standard InChI is InChI=1S/C46H59N10O17P3/c1-46(2)32-22-26(52(3)4)15-17-30(32)36(31-18-16-27(53(5)6)23-33(31)46)28-12-9-10-13-29(28)42(60)54(7)21-11-14-35(57)48-19-20-49-45(61)71-39-34(24-69-75(65,66)73-76(67,68)72-74(62,63)64)70-43(38(39)58)56-25-55(8)37-40(56)50-44(47)51-41(37)59/h9-10,12-13,15-18,22-23,25,34,38-39,43,58H,11,14,19-21,24H2,1-8H3,(H7-2,47,48,49,50,51,57,59,61,62,63,64,65,66,67,68)/p+2/t34-,38-,39-,43-/m1/s1. The first-order valence-corrected chi connectivity index (χ1v) is 28.0. The first kappa shape index (κ1) is 57.5. The molecule has 2 unspecified atom stereocenters. The van der Waals surface area contributed by atoms with Crippen molar-refractivity contribution in [3.05, 3.63) is 111 Å². The zero-order chi connectivity index (χ0) is 55.8. The molecule has 2 aromatic carbocycles. The molecule has 410 valence electrons. The van der Waals surface area contributed by atoms with E-state index < -0.39 is 72.2 Å². The molecule has 30 heteroatoms. The summed E-state index contributed by atoms with van der Waals surface area (Å²) in [7, 11) is -6.22. The summed E-state index contributed by atoms with van der Waals surface area (Å²) in [4.78, 5) is 101. The molecular weight excluding hydrogens is 1060 g/mol. The van der Waals surface area contributed by atoms with Gasteiger partial charge in [0.2, 0.25) is 17.7 Å². The van der Waals surface area contributed by atoms with Crippen LogP contribution in [0.25, 0.3) is 16.7 Å². The number of nitrogens with zero attached hydrogens (tertiary/aromatic N) is 6. The number of phosphoric acid groups is 3. The Morgan fingerprint density at radius 3 is 2.37 bits per heavy atom. The minimum absolute atomic E-state index is 0.0157. The summed E-state index contributed by atoms with van der Waals surface area (Å²) >= 11 is 0. The Hall–Kier alpha value is -6.18. The minimum atomic E-state index is -5.92. The molecular formula is C46H61N10O17P3+2. The van der Waals surface area contributed by atoms with E-state index >= 15 is 0 Å². The van der Waals surface area contributed by atoms with Gasteiger partial charge in [0.15, 0.2) is 24.2 Å². The van der Waals surface area contributed by atoms with E-state index in [0.29, 0.717) is 5.56 Å². The van der Waals surface area contributed by atoms with Crippen LogP contribution < -0.4 is 31.4 Å². The molecule has 3 aliphatic rings. The first-order valence-electron chi connectivity index (χ1n) is 23.4. The molecule has 0 spiro atoms. The summed E-state index contributed by atoms with van der Waals surface area (Å²) < 4.78 is 63.6. The Kier molecular flexibility index (Phi) is 17.0. The third-order valence-electron chi connectivity index (χ3n) is 12.7. The summed E-state index contributed by atoms with van der Waals surface area (Å²) in [6, 6.07) is 13.9. The predicted octanol–water partition coefficient (Wildman–Crippen LogP) is 1.86. The number of aryl methyl sites for hydroxylation is 1. The number of hydrogen-bond donors (Lipinski definition) is 9. The van der Waals surface area contributed by atoms with Crippen LogP contribution in [0.5, 0.6) is 0 Å². The van der Waals surface area contributed by atoms with Crippen molar-refractivity contribution in [1.82, 2.24) is 30.1 Å². The van der Waals surface area contributed by atoms with Crippen molar-refractivity contribution in [1.29, 1.82) is 0 Å². The molecule has 27 nitrogen and oxygen atoms in total. The maximum atomic E-state index is 14.3. The molecule has 1 saturated heterocycles. The normalized spacial score (nSPS) is 20.5. The van der Waals surface area contributed by atoms with E-state index in [2.05, 4.69) is 89.0 Å². The topological polar surface area (TPSA) is 364 Å². The number of aliphatic hydroxyl groups is 1. The van der Waals surface area contributed by atoms with Gasteiger partial charge in [-0.1, -0.05) is 43.1 Å². The number of benzene rings is 2. The number of nitrogens with one attached hydrogen (secondary N) is 3. The number of amides is 3. The highest BCUT2D eigenvalue weighted by Crippen LogP contribution is 2.66. The van der Waals surface area contributed by atoms with Crippen LogP contribution in [0.2, 0.25) is 0 Å². The zero-order valence-electron chi connectivity index (χ0n) is 42.6. The van der Waals surface area contributed by atoms with E-state index in [0.717, 1.165) is 49.4 Å². The molecule has 7 rings (SSSR count). The van der Waals surface area contributed by atoms with Gasteiger partial charge in [-0.05, 0) is 64.1 Å². The van der Waals surface area contributed by atoms with Crippen molar-refractivity contribution in [2.75, 3.05) is 72.1 Å². The number of aromatic nitrogens is 4. The van der Waals surface area contributed by atoms with Crippen molar-refractivity contribution in [3.8, 4) is 0 Å². The van der Waals surface area contributed by atoms with Crippen LogP contribution in [-0.2, 0) is 53.6 Å². The minimum Gasteiger partial charge on any atom is -0.440 e. The van der Waals surface area contributed by atoms with Crippen molar-refractivity contribution in [2.45, 2.75) is 56.6 Å². The van der Waals surface area contributed by atoms with E-state index in [1.54, 1.807) is 18.0 Å². The summed E-state index contributed by atoms with van der Waals surface area (Å²) in [6.45, 7) is 3.21. The van der Waals surface area contributed by atoms with Crippen LogP contribution in [0, 0.1) is 0 Å². The lowest BCUT2D eigenvalue weighted by atomic mass is 9.64. The van der Waals surface area contributed by atoms with Crippen molar-refractivity contribution in [2.24, 2.45) is 7.05 Å². The van der Waals surface area contributed by atoms with Crippen LogP contribution in [0.4, 0.5) is 16.4 Å². The highest BCUT2D eigenvalue weighted by atomic mass is 31.3. The fourth-order valence-corrected chi connectivity index (χ4v) is 12.1. The monoisotopic (exact) mass is 1120 g/mol. The van der Waals surface area contributed by atoms with Gasteiger partial charge in [0.25, 0.3) is 17.4 Å². The Labute approximate surface area is 435 Å². The zero-order valence-corrected chi connectivity index (χ0v) is 45.3. The van der Waals surface area contributed by atoms with E-state index in [1.165, 1.54) is 17.9 Å². The number of carbonyl (C=O) groups is 3. The Morgan fingerprint density at radius 1 is 0.987 bits per heavy atom. The summed E-state index contributed by atoms with van der Waals surface area (Å²) in [5, 5.41) is 16.5. The molecule has 0 bridgehead atoms. The number of aromatic amines is 1. The quantitative estimate of drug-likeness (QED) is 0.0367. The van der Waals surface area contributed by atoms with Gasteiger partial charge < -0.3 is 60.3 Å². The largest absolute Gasteiger partial charge is 0.490 e. The van der Waals surface area contributed by atoms with Crippen LogP contribution in [0.15, 0.2) is 83.0 Å². The highest BCUT2D eigenvalue weighted by Gasteiger charge is 2.52. The number of hydrogen-bond acceptors (Lipinski definition) is 16. The summed E-state index contributed by atoms with van der Waals surface area (Å²) in [5.41, 5.74) is 13.2. The Balaban J connectivity index is 0.967. The number of H-pyrrole nitrogens is 1. The van der Waals surface area contributed by atoms with Gasteiger partial charge in [0, 0.05) is 76.0 Å². The molecule has 2 aromatic heterocycles. The lowest BCUT2D eigenvalue weighted by Gasteiger charge is -2.39. The van der Waals surface area contributed by atoms with Gasteiger partial charge in [-0.25, -0.2) is 27.6 Å². The van der Waals surface area contributed by atoms with E-state index in [-0.39, 0.29) is 60.9 Å². The fraction of sp³-hybridized carbons (Fsp3) is 0.413. The Morgan fingerprint density at radius 2 is 1.68 bits per heavy atom. The summed E-state index contributed by atoms with van der Waals surface area (Å²) in [6.07, 6.45) is -0.0900. The lowest BCUT2D eigenvalue weighted by Crippen LogP contribution is -2.47. The van der Waals surface area contributed by atoms with E-state index in [4.69, 9.17) is 29.5 Å². The SMILES string of the molecule is CN(CCCC(=O)NCCNC(=O)O[C@H]1[C@@H](O)[C@H]([n+]2cn(C)c3c(=O)[nH]c(N)nc32)O[C@@H]1COP(=O)(O)OP(=O)(O)OP(=O)(O)O)C(=O)c1ccccc1C1=C2C=CC(=[N+](C)C)C=C2C(C)(C)c2cc(N(C)C)ccc21. The van der Waals surface area contributed by atoms with Crippen LogP contribution in [0.3, 0.4) is 0 Å². The molecule has 0 radical (unpaired) electrons. The van der Waals surface area contributed by atoms with Crippen molar-refractivity contribution < 1.29 is 84.5 Å². The second kappa shape index (κ2) is 22.4. The number of nitrogen functional groups attached to an aromatic ring is 1. The fourth-order valence-electron chi connectivity index (χ4n) is 9.12. The summed E-state index contributed by atoms with van der Waals surface area (Å²) in [5.74, 6) is -0.946. The molecule has 6 atom stereocenters. The molecule has 1 aliphatic heterocycles. The number of anilines is 2. The van der Waals surface area contributed by atoms with Gasteiger partial charge in [0.1, 0.15) is 20.2 Å². The molecule has 76 heavy (non-hydrogen) atoms. The third-order valence-corrected chi connectivity index (χ3v) is 16.5. The molecule has 1 fully saturated rings. The predicted molar refractivity (Wildman–Crippen MR) is 274 cm³/mol. The molecule has 4 aromatic rings. The van der Waals surface area contributed by atoms with Gasteiger partial charge in [0.05, 0.1) is 13.7 Å². The third kappa shape index (κ3) is 12.8. The van der Waals surface area contributed by atoms with Gasteiger partial charge in [-0.2, -0.15) is 8.62 Å². The second-order valence-electron chi connectivity index (χ2n) is 19.0. The maximum absolute atomic E-state index is 14.3. The Bertz CT molecular complexity index is 3300. The van der Waals surface area contributed by atoms with Crippen LogP contribution in [-0.4, -0.2) is 152 Å². The number of carbonyl (C=O) groups excluding carboxylic acids is 3. The number of allylic oxidation sites excluding steroid dienone is 5. The number of nitrogens with two attached hydrogens (primary N) is 1. The average molecular weight is 1120 g/mol. The average Bonchev–Trinajstić information content (AvgIpc) is 3.85. The number of phosphoric ester groups is 1. The van der Waals surface area contributed by atoms with Crippen LogP contribution >= 0.6 is 23.5 Å². The maximum Gasteiger partial charge on any atom is 0.490 e. The van der Waals surface area contributed by atoms with Gasteiger partial charge >= 0.3 is 35.2 Å². The smallest absolute Gasteiger partial charge is 0.440 e. The van der Waals surface area contributed by atoms with Gasteiger partial charge in [-0.15, -0.1) is 0 Å². The number of aliphatic hydroxyl groups excluding tert-OH is 1. The molecule has 0 saturated carbocycles. The first-order chi connectivity index (χ1) is 35.5. The number of imidazole rings is 1. The van der Waals surface area contributed by atoms with E-state index in [1.807, 2.05) is 46.4 Å². The van der Waals surface area contributed by atoms with Crippen molar-refractivity contribution >= 4 is 75.5 Å². The molecule has 2 aliphatic carbocycles. The number of fused-ring (bicyclic) bond motifs is 3. The number of rotatable bonds is 19. The highest BCUT2D eigenvalue weighted by molar-refractivity contribution is 7.66. The van der Waals surface area contributed by atoms with Crippen molar-refractivity contribution in [3.63, 3.8) is 0 Å². The number of alkyl carbamates (subject to hydrolysis) is 1. The van der Waals surface area contributed by atoms with Crippen LogP contribution in [0.1, 0.15) is 60.0 Å². The lowest BCUT2D eigenvalue weighted by molar-refractivity contribution is -0.745. The second-order valence-corrected chi connectivity index (χ2v) is 23.4. The van der Waals surface area contributed by atoms with E-state index in [9.17, 15) is 47.8 Å².